The molecule has 0 aromatic heterocycles. The van der Waals surface area contributed by atoms with E-state index in [0.29, 0.717) is 11.8 Å². The maximum absolute atomic E-state index is 13.0. The molecule has 0 bridgehead atoms. The van der Waals surface area contributed by atoms with Gasteiger partial charge in [-0.1, -0.05) is 0 Å². The van der Waals surface area contributed by atoms with E-state index in [0.717, 1.165) is 51.9 Å². The zero-order chi connectivity index (χ0) is 18.9. The van der Waals surface area contributed by atoms with Crippen molar-refractivity contribution in [2.45, 2.75) is 44.1 Å². The van der Waals surface area contributed by atoms with Crippen molar-refractivity contribution < 1.29 is 27.8 Å². The van der Waals surface area contributed by atoms with E-state index in [-0.39, 0.29) is 23.6 Å². The highest BCUT2D eigenvalue weighted by Gasteiger charge is 2.43. The summed E-state index contributed by atoms with van der Waals surface area (Å²) in [6.45, 7) is 3.66. The first-order valence-electron chi connectivity index (χ1n) is 9.28. The molecule has 0 spiro atoms. The quantitative estimate of drug-likeness (QED) is 0.837. The molecule has 0 saturated carbocycles. The fourth-order valence-electron chi connectivity index (χ4n) is 3.72. The number of likely N-dealkylation sites (tertiary alicyclic amines) is 1. The zero-order valence-electron chi connectivity index (χ0n) is 14.9. The number of benzene rings is 1. The number of hydrogen-bond acceptors (Lipinski definition) is 5. The van der Waals surface area contributed by atoms with E-state index in [9.17, 15) is 13.6 Å². The highest BCUT2D eigenvalue weighted by molar-refractivity contribution is 5.89. The Morgan fingerprint density at radius 3 is 2.70 bits per heavy atom. The second-order valence-corrected chi connectivity index (χ2v) is 7.14. The number of alkyl halides is 2. The Kier molecular flexibility index (Phi) is 5.05. The third-order valence-electron chi connectivity index (χ3n) is 5.07. The van der Waals surface area contributed by atoms with Gasteiger partial charge in [0.05, 0.1) is 6.10 Å². The molecule has 3 heterocycles. The van der Waals surface area contributed by atoms with E-state index in [1.807, 2.05) is 0 Å². The van der Waals surface area contributed by atoms with Crippen LogP contribution in [0.15, 0.2) is 18.2 Å². The second-order valence-electron chi connectivity index (χ2n) is 7.14. The first kappa shape index (κ1) is 18.2. The molecule has 27 heavy (non-hydrogen) atoms. The van der Waals surface area contributed by atoms with E-state index in [2.05, 4.69) is 25.0 Å². The Balaban J connectivity index is 1.22. The van der Waals surface area contributed by atoms with Crippen LogP contribution in [-0.4, -0.2) is 55.6 Å². The molecule has 148 valence electrons. The summed E-state index contributed by atoms with van der Waals surface area (Å²) in [6.07, 6.45) is 0.681. The van der Waals surface area contributed by atoms with Gasteiger partial charge in [-0.05, 0) is 37.8 Å². The number of carbonyl (C=O) groups is 1. The molecule has 3 aliphatic heterocycles. The fourth-order valence-corrected chi connectivity index (χ4v) is 3.72. The molecule has 1 unspecified atom stereocenters. The summed E-state index contributed by atoms with van der Waals surface area (Å²) in [5.41, 5.74) is 0.364. The van der Waals surface area contributed by atoms with Crippen molar-refractivity contribution in [2.24, 2.45) is 0 Å². The van der Waals surface area contributed by atoms with Crippen LogP contribution in [0.3, 0.4) is 0 Å². The van der Waals surface area contributed by atoms with Crippen molar-refractivity contribution in [3.63, 3.8) is 0 Å². The lowest BCUT2D eigenvalue weighted by molar-refractivity contribution is -0.286. The van der Waals surface area contributed by atoms with Crippen molar-refractivity contribution in [1.82, 2.24) is 10.2 Å². The monoisotopic (exact) mass is 383 g/mol. The van der Waals surface area contributed by atoms with Crippen molar-refractivity contribution in [2.75, 3.05) is 31.6 Å². The van der Waals surface area contributed by atoms with Crippen molar-refractivity contribution in [1.29, 1.82) is 0 Å². The van der Waals surface area contributed by atoms with Crippen LogP contribution in [0.5, 0.6) is 11.5 Å². The van der Waals surface area contributed by atoms with E-state index in [4.69, 9.17) is 4.74 Å². The summed E-state index contributed by atoms with van der Waals surface area (Å²) in [5.74, 6) is -0.148. The molecule has 2 N–H and O–H groups in total. The van der Waals surface area contributed by atoms with Crippen molar-refractivity contribution in [3.05, 3.63) is 18.2 Å². The minimum atomic E-state index is -3.67. The van der Waals surface area contributed by atoms with Crippen LogP contribution < -0.4 is 20.1 Å². The minimum absolute atomic E-state index is 0.0513. The van der Waals surface area contributed by atoms with Crippen LogP contribution in [0.2, 0.25) is 0 Å². The molecule has 9 heteroatoms. The third-order valence-corrected chi connectivity index (χ3v) is 5.07. The number of ether oxygens (including phenoxy) is 3. The van der Waals surface area contributed by atoms with Crippen molar-refractivity contribution in [3.8, 4) is 11.5 Å². The molecular formula is C18H23F2N3O4. The lowest BCUT2D eigenvalue weighted by atomic mass is 10.0. The number of nitrogens with one attached hydrogen (secondary N) is 2. The van der Waals surface area contributed by atoms with Crippen LogP contribution in [0.25, 0.3) is 0 Å². The molecule has 1 aromatic carbocycles. The Morgan fingerprint density at radius 1 is 1.19 bits per heavy atom. The van der Waals surface area contributed by atoms with Gasteiger partial charge < -0.3 is 29.7 Å². The molecule has 1 aromatic rings. The van der Waals surface area contributed by atoms with E-state index in [1.54, 1.807) is 0 Å². The van der Waals surface area contributed by atoms with E-state index in [1.165, 1.54) is 18.2 Å². The first-order chi connectivity index (χ1) is 13.0. The molecular weight excluding hydrogens is 360 g/mol. The highest BCUT2D eigenvalue weighted by atomic mass is 19.3. The predicted octanol–water partition coefficient (Wildman–Crippen LogP) is 2.77. The summed E-state index contributed by atoms with van der Waals surface area (Å²) >= 11 is 0. The maximum Gasteiger partial charge on any atom is 0.586 e. The number of piperidine rings is 1. The molecule has 0 radical (unpaired) electrons. The van der Waals surface area contributed by atoms with Gasteiger partial charge in [0.15, 0.2) is 11.5 Å². The van der Waals surface area contributed by atoms with Gasteiger partial charge in [0, 0.05) is 44.0 Å². The van der Waals surface area contributed by atoms with E-state index < -0.39 is 6.29 Å². The number of anilines is 1. The van der Waals surface area contributed by atoms with Crippen LogP contribution in [0.4, 0.5) is 19.3 Å². The number of fused-ring (bicyclic) bond motifs is 1. The number of carbonyl (C=O) groups excluding carboxylic acids is 1. The number of rotatable bonds is 4. The summed E-state index contributed by atoms with van der Waals surface area (Å²) in [7, 11) is 0. The first-order valence-corrected chi connectivity index (χ1v) is 9.28. The standard InChI is InChI=1S/C18H23F2N3O4/c19-18(20)26-15-4-3-13(10-16(15)27-18)22-17(24)21-12-5-7-23(8-6-12)11-14-2-1-9-25-14/h3-4,10,12,14H,1-2,5-9,11H2,(H2,21,22,24). The SMILES string of the molecule is O=C(Nc1ccc2c(c1)OC(F)(F)O2)NC1CCN(CC2CCCO2)CC1. The Hall–Kier alpha value is -2.13. The summed E-state index contributed by atoms with van der Waals surface area (Å²) < 4.78 is 40.5. The number of halogens is 2. The Labute approximate surface area is 155 Å². The lowest BCUT2D eigenvalue weighted by Gasteiger charge is -2.33. The summed E-state index contributed by atoms with van der Waals surface area (Å²) in [6, 6.07) is 3.88. The zero-order valence-corrected chi connectivity index (χ0v) is 14.9. The fraction of sp³-hybridized carbons (Fsp3) is 0.611. The molecule has 7 nitrogen and oxygen atoms in total. The lowest BCUT2D eigenvalue weighted by Crippen LogP contribution is -2.47. The smallest absolute Gasteiger partial charge is 0.395 e. The van der Waals surface area contributed by atoms with Gasteiger partial charge in [-0.25, -0.2) is 4.79 Å². The van der Waals surface area contributed by atoms with Gasteiger partial charge in [-0.3, -0.25) is 0 Å². The normalized spacial score (nSPS) is 24.7. The minimum Gasteiger partial charge on any atom is -0.395 e. The number of nitrogens with zero attached hydrogens (tertiary/aromatic N) is 1. The van der Waals surface area contributed by atoms with Crippen molar-refractivity contribution >= 4 is 11.7 Å². The predicted molar refractivity (Wildman–Crippen MR) is 93.2 cm³/mol. The highest BCUT2D eigenvalue weighted by Crippen LogP contribution is 2.42. The van der Waals surface area contributed by atoms with Crippen LogP contribution in [0, 0.1) is 0 Å². The van der Waals surface area contributed by atoms with E-state index >= 15 is 0 Å². The Bertz CT molecular complexity index is 689. The topological polar surface area (TPSA) is 72.1 Å². The van der Waals surface area contributed by atoms with Gasteiger partial charge in [0.2, 0.25) is 0 Å². The van der Waals surface area contributed by atoms with Gasteiger partial charge in [0.25, 0.3) is 0 Å². The summed E-state index contributed by atoms with van der Waals surface area (Å²) in [5, 5.41) is 5.59. The van der Waals surface area contributed by atoms with Crippen LogP contribution in [-0.2, 0) is 4.74 Å². The molecule has 4 rings (SSSR count). The number of urea groups is 1. The molecule has 3 aliphatic rings. The molecule has 2 saturated heterocycles. The average molecular weight is 383 g/mol. The maximum atomic E-state index is 13.0. The van der Waals surface area contributed by atoms with Gasteiger partial charge in [-0.15, -0.1) is 8.78 Å². The summed E-state index contributed by atoms with van der Waals surface area (Å²) in [4.78, 5) is 14.6. The van der Waals surface area contributed by atoms with Gasteiger partial charge in [0.1, 0.15) is 0 Å². The molecule has 2 fully saturated rings. The van der Waals surface area contributed by atoms with Gasteiger partial charge in [-0.2, -0.15) is 0 Å². The number of amides is 2. The third kappa shape index (κ3) is 4.59. The molecule has 2 amide bonds. The second kappa shape index (κ2) is 7.47. The molecule has 1 atom stereocenters. The Morgan fingerprint density at radius 2 is 1.96 bits per heavy atom. The van der Waals surface area contributed by atoms with Crippen LogP contribution in [0.1, 0.15) is 25.7 Å². The average Bonchev–Trinajstić information content (AvgIpc) is 3.22. The van der Waals surface area contributed by atoms with Crippen LogP contribution >= 0.6 is 0 Å². The largest absolute Gasteiger partial charge is 0.586 e. The van der Waals surface area contributed by atoms with Gasteiger partial charge >= 0.3 is 12.3 Å². The molecule has 0 aliphatic carbocycles. The number of hydrogen-bond donors (Lipinski definition) is 2.